The van der Waals surface area contributed by atoms with Gasteiger partial charge in [-0.15, -0.1) is 0 Å². The average Bonchev–Trinajstić information content (AvgIpc) is 2.21. The van der Waals surface area contributed by atoms with E-state index in [0.717, 1.165) is 12.8 Å². The summed E-state index contributed by atoms with van der Waals surface area (Å²) in [5.41, 5.74) is 0.506. The van der Waals surface area contributed by atoms with Crippen LogP contribution >= 0.6 is 0 Å². The van der Waals surface area contributed by atoms with Gasteiger partial charge in [0.2, 0.25) is 5.91 Å². The van der Waals surface area contributed by atoms with E-state index < -0.39 is 0 Å². The van der Waals surface area contributed by atoms with Crippen LogP contribution < -0.4 is 5.32 Å². The number of carbonyl (C=O) groups excluding carboxylic acids is 2. The molecule has 0 aliphatic rings. The molecule has 0 saturated carbocycles. The molecule has 0 aliphatic heterocycles. The minimum Gasteiger partial charge on any atom is -0.465 e. The maximum Gasteiger partial charge on any atom is 0.308 e. The molecule has 0 bridgehead atoms. The van der Waals surface area contributed by atoms with Gasteiger partial charge >= 0.3 is 5.97 Å². The van der Waals surface area contributed by atoms with Crippen molar-refractivity contribution in [2.75, 3.05) is 13.2 Å². The molecule has 0 atom stereocenters. The van der Waals surface area contributed by atoms with E-state index in [1.807, 2.05) is 0 Å². The van der Waals surface area contributed by atoms with Gasteiger partial charge in [-0.3, -0.25) is 9.59 Å². The summed E-state index contributed by atoms with van der Waals surface area (Å²) in [6, 6.07) is 0. The predicted molar refractivity (Wildman–Crippen MR) is 62.9 cm³/mol. The molecule has 0 radical (unpaired) electrons. The van der Waals surface area contributed by atoms with Crippen molar-refractivity contribution < 1.29 is 14.3 Å². The third kappa shape index (κ3) is 7.04. The van der Waals surface area contributed by atoms with Gasteiger partial charge in [0, 0.05) is 12.1 Å². The molecule has 92 valence electrons. The molecule has 0 aromatic rings. The van der Waals surface area contributed by atoms with Crippen molar-refractivity contribution in [3.8, 4) is 0 Å². The van der Waals surface area contributed by atoms with Crippen LogP contribution in [0.3, 0.4) is 0 Å². The van der Waals surface area contributed by atoms with E-state index in [1.165, 1.54) is 0 Å². The van der Waals surface area contributed by atoms with Gasteiger partial charge in [-0.2, -0.15) is 0 Å². The first-order valence-electron chi connectivity index (χ1n) is 5.55. The van der Waals surface area contributed by atoms with Crippen LogP contribution in [-0.2, 0) is 14.3 Å². The lowest BCUT2D eigenvalue weighted by atomic mass is 10.2. The number of hydrogen-bond donors (Lipinski definition) is 1. The van der Waals surface area contributed by atoms with Gasteiger partial charge in [0.1, 0.15) is 0 Å². The zero-order chi connectivity index (χ0) is 12.6. The molecular weight excluding hydrogens is 206 g/mol. The minimum atomic E-state index is -0.175. The topological polar surface area (TPSA) is 55.4 Å². The second-order valence-corrected chi connectivity index (χ2v) is 4.07. The molecule has 0 heterocycles. The van der Waals surface area contributed by atoms with Gasteiger partial charge in [0.15, 0.2) is 0 Å². The molecule has 1 N–H and O–H groups in total. The molecule has 0 aromatic heterocycles. The Kier molecular flexibility index (Phi) is 7.25. The van der Waals surface area contributed by atoms with E-state index in [-0.39, 0.29) is 17.8 Å². The molecule has 4 heteroatoms. The minimum absolute atomic E-state index is 0.0804. The lowest BCUT2D eigenvalue weighted by molar-refractivity contribution is -0.147. The van der Waals surface area contributed by atoms with Gasteiger partial charge in [-0.1, -0.05) is 20.4 Å². The van der Waals surface area contributed by atoms with Crippen molar-refractivity contribution in [1.29, 1.82) is 0 Å². The normalized spacial score (nSPS) is 10.0. The Morgan fingerprint density at radius 1 is 1.31 bits per heavy atom. The van der Waals surface area contributed by atoms with Crippen LogP contribution in [-0.4, -0.2) is 25.0 Å². The van der Waals surface area contributed by atoms with E-state index in [4.69, 9.17) is 4.74 Å². The fourth-order valence-electron chi connectivity index (χ4n) is 0.919. The summed E-state index contributed by atoms with van der Waals surface area (Å²) in [6.07, 6.45) is 1.55. The van der Waals surface area contributed by atoms with Crippen LogP contribution in [0.1, 0.15) is 33.6 Å². The summed E-state index contributed by atoms with van der Waals surface area (Å²) in [7, 11) is 0. The molecule has 0 spiro atoms. The molecular formula is C12H21NO3. The highest BCUT2D eigenvalue weighted by atomic mass is 16.5. The largest absolute Gasteiger partial charge is 0.465 e. The highest BCUT2D eigenvalue weighted by Gasteiger charge is 2.07. The van der Waals surface area contributed by atoms with Crippen molar-refractivity contribution in [1.82, 2.24) is 5.32 Å². The van der Waals surface area contributed by atoms with Crippen LogP contribution in [0.15, 0.2) is 12.2 Å². The predicted octanol–water partition coefficient (Wildman–Crippen LogP) is 1.66. The first-order valence-corrected chi connectivity index (χ1v) is 5.55. The molecule has 0 aliphatic carbocycles. The molecule has 0 unspecified atom stereocenters. The number of esters is 1. The van der Waals surface area contributed by atoms with Crippen LogP contribution in [0.25, 0.3) is 0 Å². The van der Waals surface area contributed by atoms with Crippen LogP contribution in [0.5, 0.6) is 0 Å². The first-order chi connectivity index (χ1) is 7.45. The van der Waals surface area contributed by atoms with E-state index in [2.05, 4.69) is 11.9 Å². The van der Waals surface area contributed by atoms with E-state index in [9.17, 15) is 9.59 Å². The Morgan fingerprint density at radius 3 is 2.44 bits per heavy atom. The molecule has 0 rings (SSSR count). The van der Waals surface area contributed by atoms with E-state index >= 15 is 0 Å². The number of nitrogens with one attached hydrogen (secondary N) is 1. The molecule has 0 saturated heterocycles. The lowest BCUT2D eigenvalue weighted by Crippen LogP contribution is -2.25. The van der Waals surface area contributed by atoms with Crippen molar-refractivity contribution in [2.45, 2.75) is 33.6 Å². The fourth-order valence-corrected chi connectivity index (χ4v) is 0.919. The summed E-state index contributed by atoms with van der Waals surface area (Å²) in [5.74, 6) is -0.381. The van der Waals surface area contributed by atoms with Crippen LogP contribution in [0, 0.1) is 5.92 Å². The third-order valence-electron chi connectivity index (χ3n) is 1.96. The van der Waals surface area contributed by atoms with Crippen molar-refractivity contribution in [3.63, 3.8) is 0 Å². The standard InChI is InChI=1S/C12H21NO3/c1-9(2)11(14)13-7-5-6-8-16-12(15)10(3)4/h10H,1,5-8H2,2-4H3,(H,13,14). The maximum atomic E-state index is 11.1. The van der Waals surface area contributed by atoms with Gasteiger partial charge < -0.3 is 10.1 Å². The molecule has 0 aromatic carbocycles. The summed E-state index contributed by atoms with van der Waals surface area (Å²) >= 11 is 0. The van der Waals surface area contributed by atoms with Crippen molar-refractivity contribution >= 4 is 11.9 Å². The Labute approximate surface area is 97.1 Å². The zero-order valence-corrected chi connectivity index (χ0v) is 10.3. The number of unbranched alkanes of at least 4 members (excludes halogenated alkanes) is 1. The highest BCUT2D eigenvalue weighted by molar-refractivity contribution is 5.91. The monoisotopic (exact) mass is 227 g/mol. The Bertz CT molecular complexity index is 259. The maximum absolute atomic E-state index is 11.1. The fraction of sp³-hybridized carbons (Fsp3) is 0.667. The van der Waals surface area contributed by atoms with Crippen LogP contribution in [0.4, 0.5) is 0 Å². The summed E-state index contributed by atoms with van der Waals surface area (Å²) in [4.78, 5) is 22.1. The zero-order valence-electron chi connectivity index (χ0n) is 10.3. The lowest BCUT2D eigenvalue weighted by Gasteiger charge is -2.07. The number of rotatable bonds is 7. The van der Waals surface area contributed by atoms with Gasteiger partial charge in [-0.25, -0.2) is 0 Å². The number of ether oxygens (including phenoxy) is 1. The molecule has 1 amide bonds. The highest BCUT2D eigenvalue weighted by Crippen LogP contribution is 1.98. The van der Waals surface area contributed by atoms with Gasteiger partial charge in [-0.05, 0) is 19.8 Å². The Balaban J connectivity index is 3.38. The van der Waals surface area contributed by atoms with E-state index in [1.54, 1.807) is 20.8 Å². The van der Waals surface area contributed by atoms with Gasteiger partial charge in [0.05, 0.1) is 12.5 Å². The molecule has 0 fully saturated rings. The molecule has 4 nitrogen and oxygen atoms in total. The number of hydrogen-bond acceptors (Lipinski definition) is 3. The second-order valence-electron chi connectivity index (χ2n) is 4.07. The Morgan fingerprint density at radius 2 is 1.94 bits per heavy atom. The summed E-state index contributed by atoms with van der Waals surface area (Å²) in [6.45, 7) is 9.80. The quantitative estimate of drug-likeness (QED) is 0.409. The molecule has 16 heavy (non-hydrogen) atoms. The Hall–Kier alpha value is -1.32. The smallest absolute Gasteiger partial charge is 0.308 e. The number of carbonyl (C=O) groups is 2. The van der Waals surface area contributed by atoms with Crippen molar-refractivity contribution in [3.05, 3.63) is 12.2 Å². The van der Waals surface area contributed by atoms with Crippen LogP contribution in [0.2, 0.25) is 0 Å². The summed E-state index contributed by atoms with van der Waals surface area (Å²) in [5, 5.41) is 2.71. The SMILES string of the molecule is C=C(C)C(=O)NCCCCOC(=O)C(C)C. The first kappa shape index (κ1) is 14.7. The summed E-state index contributed by atoms with van der Waals surface area (Å²) < 4.78 is 4.99. The van der Waals surface area contributed by atoms with E-state index in [0.29, 0.717) is 18.7 Å². The third-order valence-corrected chi connectivity index (χ3v) is 1.96. The van der Waals surface area contributed by atoms with Crippen molar-refractivity contribution in [2.24, 2.45) is 5.92 Å². The van der Waals surface area contributed by atoms with Gasteiger partial charge in [0.25, 0.3) is 0 Å². The second kappa shape index (κ2) is 7.91. The average molecular weight is 227 g/mol. The number of amides is 1.